The van der Waals surface area contributed by atoms with E-state index in [9.17, 15) is 9.59 Å². The van der Waals surface area contributed by atoms with E-state index in [1.54, 1.807) is 0 Å². The number of carbonyl (C=O) groups is 2. The standard InChI is InChI=1S/C11H20ClN3O2/c12-5-4-10(16)14-11(17)13-6-3-9-15-7-1-2-8-15/h1-9H2,(H2,13,14,16,17). The van der Waals surface area contributed by atoms with Gasteiger partial charge in [-0.05, 0) is 38.9 Å². The normalized spacial score (nSPS) is 15.8. The van der Waals surface area contributed by atoms with Crippen LogP contribution in [0.5, 0.6) is 0 Å². The van der Waals surface area contributed by atoms with Crippen LogP contribution in [0.25, 0.3) is 0 Å². The fraction of sp³-hybridized carbons (Fsp3) is 0.818. The summed E-state index contributed by atoms with van der Waals surface area (Å²) in [6.45, 7) is 3.94. The second kappa shape index (κ2) is 8.31. The number of halogens is 1. The SMILES string of the molecule is O=C(CCCl)NC(=O)NCCCN1CCCC1. The van der Waals surface area contributed by atoms with Gasteiger partial charge in [-0.1, -0.05) is 0 Å². The fourth-order valence-electron chi connectivity index (χ4n) is 1.83. The van der Waals surface area contributed by atoms with Crippen molar-refractivity contribution in [2.45, 2.75) is 25.7 Å². The van der Waals surface area contributed by atoms with Gasteiger partial charge in [0.1, 0.15) is 0 Å². The molecule has 1 fully saturated rings. The average Bonchev–Trinajstić information content (AvgIpc) is 2.77. The molecule has 0 aliphatic carbocycles. The van der Waals surface area contributed by atoms with Crippen LogP contribution >= 0.6 is 11.6 Å². The van der Waals surface area contributed by atoms with Gasteiger partial charge in [0.2, 0.25) is 5.91 Å². The molecule has 2 N–H and O–H groups in total. The predicted octanol–water partition coefficient (Wildman–Crippen LogP) is 0.927. The zero-order chi connectivity index (χ0) is 12.5. The van der Waals surface area contributed by atoms with Gasteiger partial charge in [-0.2, -0.15) is 0 Å². The number of nitrogens with one attached hydrogen (secondary N) is 2. The molecule has 1 aliphatic rings. The molecule has 5 nitrogen and oxygen atoms in total. The second-order valence-electron chi connectivity index (χ2n) is 4.15. The minimum Gasteiger partial charge on any atom is -0.338 e. The van der Waals surface area contributed by atoms with Crippen molar-refractivity contribution in [1.82, 2.24) is 15.5 Å². The van der Waals surface area contributed by atoms with Crippen molar-refractivity contribution < 1.29 is 9.59 Å². The summed E-state index contributed by atoms with van der Waals surface area (Å²) in [5.74, 6) is -0.106. The minimum atomic E-state index is -0.429. The number of urea groups is 1. The van der Waals surface area contributed by atoms with Crippen LogP contribution in [-0.2, 0) is 4.79 Å². The first-order valence-electron chi connectivity index (χ1n) is 6.08. The molecule has 98 valence electrons. The van der Waals surface area contributed by atoms with Crippen molar-refractivity contribution in [3.05, 3.63) is 0 Å². The van der Waals surface area contributed by atoms with Crippen LogP contribution in [-0.4, -0.2) is 48.9 Å². The van der Waals surface area contributed by atoms with Crippen LogP contribution < -0.4 is 10.6 Å². The summed E-state index contributed by atoms with van der Waals surface area (Å²) in [6.07, 6.45) is 3.64. The zero-order valence-electron chi connectivity index (χ0n) is 10.0. The molecule has 0 unspecified atom stereocenters. The molecule has 0 spiro atoms. The predicted molar refractivity (Wildman–Crippen MR) is 67.2 cm³/mol. The molecule has 0 atom stereocenters. The molecule has 0 radical (unpaired) electrons. The number of carbonyl (C=O) groups excluding carboxylic acids is 2. The van der Waals surface area contributed by atoms with E-state index in [2.05, 4.69) is 15.5 Å². The number of nitrogens with zero attached hydrogens (tertiary/aromatic N) is 1. The van der Waals surface area contributed by atoms with Crippen molar-refractivity contribution in [2.24, 2.45) is 0 Å². The Labute approximate surface area is 107 Å². The number of hydrogen-bond acceptors (Lipinski definition) is 3. The Balaban J connectivity index is 1.97. The fourth-order valence-corrected chi connectivity index (χ4v) is 2.00. The summed E-state index contributed by atoms with van der Waals surface area (Å²) in [7, 11) is 0. The number of imide groups is 1. The highest BCUT2D eigenvalue weighted by molar-refractivity contribution is 6.19. The lowest BCUT2D eigenvalue weighted by Crippen LogP contribution is -2.40. The molecule has 0 aromatic rings. The smallest absolute Gasteiger partial charge is 0.321 e. The molecule has 1 saturated heterocycles. The maximum atomic E-state index is 11.2. The Bertz CT molecular complexity index is 255. The van der Waals surface area contributed by atoms with Gasteiger partial charge < -0.3 is 10.2 Å². The molecular formula is C11H20ClN3O2. The molecule has 6 heteroatoms. The zero-order valence-corrected chi connectivity index (χ0v) is 10.8. The molecule has 17 heavy (non-hydrogen) atoms. The van der Waals surface area contributed by atoms with Crippen LogP contribution in [0.1, 0.15) is 25.7 Å². The van der Waals surface area contributed by atoms with E-state index in [1.807, 2.05) is 0 Å². The first-order chi connectivity index (χ1) is 8.22. The van der Waals surface area contributed by atoms with Crippen molar-refractivity contribution in [3.8, 4) is 0 Å². The van der Waals surface area contributed by atoms with Crippen molar-refractivity contribution in [1.29, 1.82) is 0 Å². The third kappa shape index (κ3) is 6.48. The molecule has 1 heterocycles. The molecule has 1 rings (SSSR count). The van der Waals surface area contributed by atoms with Gasteiger partial charge in [0.15, 0.2) is 0 Å². The Morgan fingerprint density at radius 1 is 1.24 bits per heavy atom. The first-order valence-corrected chi connectivity index (χ1v) is 6.62. The summed E-state index contributed by atoms with van der Waals surface area (Å²) in [5, 5.41) is 4.88. The van der Waals surface area contributed by atoms with Gasteiger partial charge in [0, 0.05) is 18.8 Å². The summed E-state index contributed by atoms with van der Waals surface area (Å²) in [6, 6.07) is -0.429. The highest BCUT2D eigenvalue weighted by Gasteiger charge is 2.10. The van der Waals surface area contributed by atoms with E-state index < -0.39 is 6.03 Å². The van der Waals surface area contributed by atoms with Gasteiger partial charge in [-0.3, -0.25) is 10.1 Å². The molecule has 0 bridgehead atoms. The molecule has 0 saturated carbocycles. The van der Waals surface area contributed by atoms with E-state index in [0.29, 0.717) is 6.54 Å². The molecule has 3 amide bonds. The maximum absolute atomic E-state index is 11.2. The topological polar surface area (TPSA) is 61.4 Å². The second-order valence-corrected chi connectivity index (χ2v) is 4.52. The lowest BCUT2D eigenvalue weighted by atomic mass is 10.4. The van der Waals surface area contributed by atoms with Crippen LogP contribution in [0.3, 0.4) is 0 Å². The minimum absolute atomic E-state index is 0.169. The third-order valence-corrected chi connectivity index (χ3v) is 2.90. The monoisotopic (exact) mass is 261 g/mol. The van der Waals surface area contributed by atoms with Gasteiger partial charge in [-0.15, -0.1) is 11.6 Å². The Morgan fingerprint density at radius 3 is 2.59 bits per heavy atom. The summed E-state index contributed by atoms with van der Waals surface area (Å²) in [4.78, 5) is 24.6. The van der Waals surface area contributed by atoms with Crippen molar-refractivity contribution in [2.75, 3.05) is 32.1 Å². The van der Waals surface area contributed by atoms with Crippen LogP contribution in [0.2, 0.25) is 0 Å². The van der Waals surface area contributed by atoms with Gasteiger partial charge in [-0.25, -0.2) is 4.79 Å². The lowest BCUT2D eigenvalue weighted by Gasteiger charge is -2.14. The van der Waals surface area contributed by atoms with E-state index in [0.717, 1.165) is 13.0 Å². The van der Waals surface area contributed by atoms with E-state index >= 15 is 0 Å². The number of amides is 3. The molecule has 0 aromatic carbocycles. The average molecular weight is 262 g/mol. The summed E-state index contributed by atoms with van der Waals surface area (Å²) >= 11 is 5.38. The van der Waals surface area contributed by atoms with E-state index in [4.69, 9.17) is 11.6 Å². The lowest BCUT2D eigenvalue weighted by molar-refractivity contribution is -0.119. The Morgan fingerprint density at radius 2 is 1.94 bits per heavy atom. The van der Waals surface area contributed by atoms with Crippen molar-refractivity contribution in [3.63, 3.8) is 0 Å². The molecular weight excluding hydrogens is 242 g/mol. The molecule has 0 aromatic heterocycles. The highest BCUT2D eigenvalue weighted by Crippen LogP contribution is 2.06. The van der Waals surface area contributed by atoms with E-state index in [1.165, 1.54) is 25.9 Å². The largest absolute Gasteiger partial charge is 0.338 e. The van der Waals surface area contributed by atoms with Gasteiger partial charge in [0.05, 0.1) is 0 Å². The number of likely N-dealkylation sites (tertiary alicyclic amines) is 1. The quantitative estimate of drug-likeness (QED) is 0.552. The van der Waals surface area contributed by atoms with Gasteiger partial charge in [0.25, 0.3) is 0 Å². The molecule has 1 aliphatic heterocycles. The Hall–Kier alpha value is -0.810. The Kier molecular flexibility index (Phi) is 6.96. The first kappa shape index (κ1) is 14.3. The van der Waals surface area contributed by atoms with E-state index in [-0.39, 0.29) is 18.2 Å². The van der Waals surface area contributed by atoms with Crippen LogP contribution in [0.4, 0.5) is 4.79 Å². The van der Waals surface area contributed by atoms with Crippen LogP contribution in [0, 0.1) is 0 Å². The van der Waals surface area contributed by atoms with Crippen LogP contribution in [0.15, 0.2) is 0 Å². The maximum Gasteiger partial charge on any atom is 0.321 e. The summed E-state index contributed by atoms with van der Waals surface area (Å²) in [5.41, 5.74) is 0. The van der Waals surface area contributed by atoms with Gasteiger partial charge >= 0.3 is 6.03 Å². The number of alkyl halides is 1. The third-order valence-electron chi connectivity index (χ3n) is 2.71. The van der Waals surface area contributed by atoms with Crippen molar-refractivity contribution >= 4 is 23.5 Å². The number of hydrogen-bond donors (Lipinski definition) is 2. The summed E-state index contributed by atoms with van der Waals surface area (Å²) < 4.78 is 0. The number of rotatable bonds is 6. The highest BCUT2D eigenvalue weighted by atomic mass is 35.5.